The van der Waals surface area contributed by atoms with Crippen LogP contribution in [0.3, 0.4) is 0 Å². The number of aromatic nitrogens is 1. The van der Waals surface area contributed by atoms with E-state index in [9.17, 15) is 9.59 Å². The molecule has 0 aliphatic heterocycles. The quantitative estimate of drug-likeness (QED) is 0.511. The fraction of sp³-hybridized carbons (Fsp3) is 0.286. The lowest BCUT2D eigenvalue weighted by Gasteiger charge is -2.12. The van der Waals surface area contributed by atoms with Crippen LogP contribution in [0.4, 0.5) is 5.13 Å². The van der Waals surface area contributed by atoms with Gasteiger partial charge in [0.2, 0.25) is 5.91 Å². The second-order valence-corrected chi connectivity index (χ2v) is 8.35. The second-order valence-electron chi connectivity index (χ2n) is 6.21. The van der Waals surface area contributed by atoms with Crippen LogP contribution in [0.2, 0.25) is 0 Å². The van der Waals surface area contributed by atoms with E-state index in [4.69, 9.17) is 9.47 Å². The maximum atomic E-state index is 12.4. The molecule has 0 radical (unpaired) electrons. The summed E-state index contributed by atoms with van der Waals surface area (Å²) in [5.74, 6) is 0.357. The van der Waals surface area contributed by atoms with Gasteiger partial charge in [0.1, 0.15) is 0 Å². The molecular weight excluding hydrogens is 422 g/mol. The predicted molar refractivity (Wildman–Crippen MR) is 120 cm³/mol. The molecule has 2 amide bonds. The average molecular weight is 446 g/mol. The summed E-state index contributed by atoms with van der Waals surface area (Å²) in [6, 6.07) is 8.97. The molecule has 0 saturated carbocycles. The Bertz CT molecular complexity index is 1030. The number of carbonyl (C=O) groups excluding carboxylic acids is 2. The monoisotopic (exact) mass is 445 g/mol. The van der Waals surface area contributed by atoms with Crippen LogP contribution >= 0.6 is 22.7 Å². The summed E-state index contributed by atoms with van der Waals surface area (Å²) in [5, 5.41) is 7.72. The number of amides is 2. The maximum absolute atomic E-state index is 12.4. The van der Waals surface area contributed by atoms with Gasteiger partial charge in [0.25, 0.3) is 5.91 Å². The molecule has 30 heavy (non-hydrogen) atoms. The van der Waals surface area contributed by atoms with Crippen LogP contribution in [0.15, 0.2) is 35.7 Å². The topological polar surface area (TPSA) is 89.5 Å². The minimum absolute atomic E-state index is 0.164. The Morgan fingerprint density at radius 3 is 2.53 bits per heavy atom. The first-order valence-corrected chi connectivity index (χ1v) is 11.2. The molecule has 0 bridgehead atoms. The van der Waals surface area contributed by atoms with Gasteiger partial charge in [-0.15, -0.1) is 22.7 Å². The number of nitrogens with zero attached hydrogens (tertiary/aromatic N) is 1. The number of aryl methyl sites for hydroxylation is 1. The molecule has 3 rings (SSSR count). The zero-order valence-electron chi connectivity index (χ0n) is 17.0. The zero-order chi connectivity index (χ0) is 21.5. The number of benzene rings is 1. The van der Waals surface area contributed by atoms with E-state index in [1.165, 1.54) is 16.2 Å². The molecule has 1 aromatic carbocycles. The summed E-state index contributed by atoms with van der Waals surface area (Å²) in [5.41, 5.74) is 1.22. The van der Waals surface area contributed by atoms with Gasteiger partial charge in [-0.3, -0.25) is 9.59 Å². The largest absolute Gasteiger partial charge is 0.490 e. The van der Waals surface area contributed by atoms with Crippen molar-refractivity contribution in [1.82, 2.24) is 10.3 Å². The van der Waals surface area contributed by atoms with Crippen LogP contribution in [0.25, 0.3) is 10.6 Å². The SMILES string of the molecule is CCOc1ccc(C(=O)NCC(=O)Nc2nc(-c3ccc(C)s3)cs2)cc1OCC. The van der Waals surface area contributed by atoms with Gasteiger partial charge in [0.15, 0.2) is 16.6 Å². The molecule has 2 N–H and O–H groups in total. The number of thiazole rings is 1. The van der Waals surface area contributed by atoms with Gasteiger partial charge >= 0.3 is 0 Å². The molecule has 2 aromatic heterocycles. The Labute approximate surface area is 183 Å². The van der Waals surface area contributed by atoms with Crippen molar-refractivity contribution in [2.45, 2.75) is 20.8 Å². The first-order chi connectivity index (χ1) is 14.5. The summed E-state index contributed by atoms with van der Waals surface area (Å²) < 4.78 is 11.0. The number of ether oxygens (including phenoxy) is 2. The van der Waals surface area contributed by atoms with Crippen molar-refractivity contribution >= 4 is 39.6 Å². The Hall–Kier alpha value is -2.91. The number of anilines is 1. The Morgan fingerprint density at radius 2 is 1.83 bits per heavy atom. The van der Waals surface area contributed by atoms with Crippen LogP contribution in [0.1, 0.15) is 29.1 Å². The van der Waals surface area contributed by atoms with Crippen LogP contribution in [0, 0.1) is 6.92 Å². The molecule has 0 unspecified atom stereocenters. The zero-order valence-corrected chi connectivity index (χ0v) is 18.6. The molecule has 9 heteroatoms. The molecule has 0 fully saturated rings. The molecule has 158 valence electrons. The van der Waals surface area contributed by atoms with Gasteiger partial charge in [-0.05, 0) is 51.1 Å². The number of hydrogen-bond acceptors (Lipinski definition) is 7. The molecule has 2 heterocycles. The minimum Gasteiger partial charge on any atom is -0.490 e. The van der Waals surface area contributed by atoms with E-state index in [0.29, 0.717) is 35.4 Å². The molecule has 0 atom stereocenters. The van der Waals surface area contributed by atoms with Crippen LogP contribution in [0.5, 0.6) is 11.5 Å². The molecular formula is C21H23N3O4S2. The van der Waals surface area contributed by atoms with Gasteiger partial charge in [-0.25, -0.2) is 4.98 Å². The van der Waals surface area contributed by atoms with Crippen molar-refractivity contribution in [3.05, 3.63) is 46.2 Å². The highest BCUT2D eigenvalue weighted by Gasteiger charge is 2.14. The minimum atomic E-state index is -0.372. The van der Waals surface area contributed by atoms with E-state index in [-0.39, 0.29) is 18.4 Å². The van der Waals surface area contributed by atoms with Crippen molar-refractivity contribution in [3.8, 4) is 22.1 Å². The van der Waals surface area contributed by atoms with E-state index in [1.54, 1.807) is 29.5 Å². The van der Waals surface area contributed by atoms with Gasteiger partial charge in [-0.2, -0.15) is 0 Å². The average Bonchev–Trinajstić information content (AvgIpc) is 3.36. The van der Waals surface area contributed by atoms with E-state index < -0.39 is 0 Å². The third kappa shape index (κ3) is 5.58. The first kappa shape index (κ1) is 21.8. The van der Waals surface area contributed by atoms with Crippen LogP contribution in [-0.4, -0.2) is 36.6 Å². The summed E-state index contributed by atoms with van der Waals surface area (Å²) >= 11 is 3.00. The number of hydrogen-bond donors (Lipinski definition) is 2. The third-order valence-electron chi connectivity index (χ3n) is 3.96. The van der Waals surface area contributed by atoms with Gasteiger partial charge in [0, 0.05) is 15.8 Å². The molecule has 0 spiro atoms. The fourth-order valence-electron chi connectivity index (χ4n) is 2.63. The molecule has 7 nitrogen and oxygen atoms in total. The number of thiophene rings is 1. The molecule has 0 saturated heterocycles. The highest BCUT2D eigenvalue weighted by atomic mass is 32.1. The summed E-state index contributed by atoms with van der Waals surface area (Å²) in [6.07, 6.45) is 0. The number of nitrogens with one attached hydrogen (secondary N) is 2. The number of carbonyl (C=O) groups is 2. The lowest BCUT2D eigenvalue weighted by atomic mass is 10.2. The van der Waals surface area contributed by atoms with Gasteiger partial charge < -0.3 is 20.1 Å². The van der Waals surface area contributed by atoms with Crippen molar-refractivity contribution in [3.63, 3.8) is 0 Å². The van der Waals surface area contributed by atoms with Gasteiger partial charge in [-0.1, -0.05) is 0 Å². The Morgan fingerprint density at radius 1 is 1.07 bits per heavy atom. The van der Waals surface area contributed by atoms with Crippen molar-refractivity contribution in [2.75, 3.05) is 25.1 Å². The molecule has 3 aromatic rings. The number of rotatable bonds is 9. The lowest BCUT2D eigenvalue weighted by Crippen LogP contribution is -2.32. The predicted octanol–water partition coefficient (Wildman–Crippen LogP) is 4.35. The van der Waals surface area contributed by atoms with Crippen molar-refractivity contribution in [2.24, 2.45) is 0 Å². The smallest absolute Gasteiger partial charge is 0.251 e. The molecule has 0 aliphatic rings. The second kappa shape index (κ2) is 10.2. The third-order valence-corrected chi connectivity index (χ3v) is 5.74. The lowest BCUT2D eigenvalue weighted by molar-refractivity contribution is -0.115. The maximum Gasteiger partial charge on any atom is 0.251 e. The highest BCUT2D eigenvalue weighted by Crippen LogP contribution is 2.30. The van der Waals surface area contributed by atoms with Crippen molar-refractivity contribution < 1.29 is 19.1 Å². The van der Waals surface area contributed by atoms with Crippen LogP contribution < -0.4 is 20.1 Å². The van der Waals surface area contributed by atoms with Crippen LogP contribution in [-0.2, 0) is 4.79 Å². The first-order valence-electron chi connectivity index (χ1n) is 9.50. The normalized spacial score (nSPS) is 10.5. The summed E-state index contributed by atoms with van der Waals surface area (Å²) in [6.45, 7) is 6.56. The van der Waals surface area contributed by atoms with Gasteiger partial charge in [0.05, 0.1) is 30.3 Å². The van der Waals surface area contributed by atoms with E-state index >= 15 is 0 Å². The Balaban J connectivity index is 1.56. The Kier molecular flexibility index (Phi) is 7.42. The standard InChI is InChI=1S/C21H23N3O4S2/c1-4-27-16-8-7-14(10-17(16)28-5-2)20(26)22-11-19(25)24-21-23-15(12-29-21)18-9-6-13(3)30-18/h6-10,12H,4-5,11H2,1-3H3,(H,22,26)(H,23,24,25). The van der Waals surface area contributed by atoms with E-state index in [2.05, 4.69) is 15.6 Å². The summed E-state index contributed by atoms with van der Waals surface area (Å²) in [7, 11) is 0. The molecule has 0 aliphatic carbocycles. The highest BCUT2D eigenvalue weighted by molar-refractivity contribution is 7.17. The van der Waals surface area contributed by atoms with E-state index in [1.807, 2.05) is 38.3 Å². The van der Waals surface area contributed by atoms with Crippen molar-refractivity contribution in [1.29, 1.82) is 0 Å². The fourth-order valence-corrected chi connectivity index (χ4v) is 4.26. The van der Waals surface area contributed by atoms with E-state index in [0.717, 1.165) is 10.6 Å². The summed E-state index contributed by atoms with van der Waals surface area (Å²) in [4.78, 5) is 31.3.